The normalized spacial score (nSPS) is 16.3. The van der Waals surface area contributed by atoms with Crippen molar-refractivity contribution in [3.8, 4) is 5.69 Å². The van der Waals surface area contributed by atoms with Crippen LogP contribution >= 0.6 is 0 Å². The molecule has 0 unspecified atom stereocenters. The van der Waals surface area contributed by atoms with E-state index in [1.807, 2.05) is 6.92 Å². The van der Waals surface area contributed by atoms with Gasteiger partial charge in [0.2, 0.25) is 5.43 Å². The quantitative estimate of drug-likeness (QED) is 0.586. The number of benzene rings is 2. The summed E-state index contributed by atoms with van der Waals surface area (Å²) in [5, 5.41) is 12.4. The number of aromatic nitrogens is 1. The Morgan fingerprint density at radius 3 is 2.48 bits per heavy atom. The van der Waals surface area contributed by atoms with Crippen LogP contribution in [-0.4, -0.2) is 79.1 Å². The predicted octanol–water partition coefficient (Wildman–Crippen LogP) is 1.99. The predicted molar refractivity (Wildman–Crippen MR) is 115 cm³/mol. The van der Waals surface area contributed by atoms with E-state index in [0.717, 1.165) is 29.0 Å². The summed E-state index contributed by atoms with van der Waals surface area (Å²) in [6.07, 6.45) is 0.978. The third-order valence-corrected chi connectivity index (χ3v) is 5.18. The van der Waals surface area contributed by atoms with Gasteiger partial charge in [0.05, 0.1) is 16.9 Å². The summed E-state index contributed by atoms with van der Waals surface area (Å²) in [5.41, 5.74) is -1.34. The minimum absolute atomic E-state index is 0. The second kappa shape index (κ2) is 9.20. The van der Waals surface area contributed by atoms with Crippen molar-refractivity contribution in [3.05, 3.63) is 69.8 Å². The first-order valence-corrected chi connectivity index (χ1v) is 9.32. The molecular weight excluding hydrogens is 439 g/mol. The molecule has 0 spiro atoms. The summed E-state index contributed by atoms with van der Waals surface area (Å²) in [7, 11) is 0. The number of hydrogen-bond acceptors (Lipinski definition) is 4. The molecule has 10 heteroatoms. The number of piperazine rings is 1. The number of pyridine rings is 1. The Bertz CT molecular complexity index is 1230. The summed E-state index contributed by atoms with van der Waals surface area (Å²) < 4.78 is 44.0. The molecule has 3 aromatic rings. The third kappa shape index (κ3) is 4.45. The Hall–Kier alpha value is -2.07. The first-order valence-electron chi connectivity index (χ1n) is 9.32. The molecule has 2 aromatic carbocycles. The van der Waals surface area contributed by atoms with E-state index in [1.165, 1.54) is 6.07 Å². The number of nitrogens with zero attached hydrogens (tertiary/aromatic N) is 2. The van der Waals surface area contributed by atoms with Gasteiger partial charge in [-0.2, -0.15) is 0 Å². The number of halogens is 3. The number of fused-ring (bicyclic) bond motifs is 1. The topological polar surface area (TPSA) is 74.6 Å². The van der Waals surface area contributed by atoms with Crippen LogP contribution in [0.15, 0.2) is 41.3 Å². The fourth-order valence-electron chi connectivity index (χ4n) is 3.76. The van der Waals surface area contributed by atoms with Crippen molar-refractivity contribution in [1.82, 2.24) is 9.88 Å². The van der Waals surface area contributed by atoms with Crippen molar-refractivity contribution >= 4 is 60.3 Å². The molecule has 31 heavy (non-hydrogen) atoms. The van der Waals surface area contributed by atoms with Gasteiger partial charge in [-0.3, -0.25) is 4.79 Å². The molecule has 1 aliphatic heterocycles. The second-order valence-electron chi connectivity index (χ2n) is 7.26. The van der Waals surface area contributed by atoms with Crippen LogP contribution in [0.1, 0.15) is 17.3 Å². The summed E-state index contributed by atoms with van der Waals surface area (Å²) in [6.45, 7) is 3.63. The fourth-order valence-corrected chi connectivity index (χ4v) is 3.76. The van der Waals surface area contributed by atoms with E-state index in [4.69, 9.17) is 0 Å². The number of anilines is 1. The van der Waals surface area contributed by atoms with Crippen LogP contribution in [0, 0.1) is 17.5 Å². The molecule has 2 heterocycles. The van der Waals surface area contributed by atoms with Crippen molar-refractivity contribution in [2.24, 2.45) is 0 Å². The number of nitrogens with one attached hydrogen (secondary N) is 1. The number of carboxylic acid groups (broad SMARTS) is 1. The summed E-state index contributed by atoms with van der Waals surface area (Å²) in [5.74, 6) is -3.96. The van der Waals surface area contributed by atoms with Crippen molar-refractivity contribution in [1.29, 1.82) is 0 Å². The molecule has 0 saturated carbocycles. The SMILES string of the molecule is C[C@@H]1CN(c2cc3c(cc2F)c(=O)c(C(=O)O)cn3-c2ccc(F)cc2F)CCN1.[CaH2]. The van der Waals surface area contributed by atoms with Crippen LogP contribution in [-0.2, 0) is 0 Å². The molecule has 4 rings (SSSR count). The van der Waals surface area contributed by atoms with Crippen LogP contribution in [0.5, 0.6) is 0 Å². The van der Waals surface area contributed by atoms with Gasteiger partial charge < -0.3 is 19.9 Å². The van der Waals surface area contributed by atoms with Crippen molar-refractivity contribution in [2.45, 2.75) is 13.0 Å². The molecule has 1 saturated heterocycles. The van der Waals surface area contributed by atoms with Crippen molar-refractivity contribution in [3.63, 3.8) is 0 Å². The minimum atomic E-state index is -1.53. The van der Waals surface area contributed by atoms with Gasteiger partial charge in [-0.05, 0) is 31.2 Å². The van der Waals surface area contributed by atoms with Crippen molar-refractivity contribution in [2.75, 3.05) is 24.5 Å². The second-order valence-corrected chi connectivity index (χ2v) is 7.26. The molecule has 1 aromatic heterocycles. The molecular formula is C21H20CaF3N3O3. The number of aromatic carboxylic acids is 1. The first kappa shape index (κ1) is 23.6. The van der Waals surface area contributed by atoms with Crippen LogP contribution < -0.4 is 15.6 Å². The van der Waals surface area contributed by atoms with Crippen molar-refractivity contribution < 1.29 is 23.1 Å². The van der Waals surface area contributed by atoms with Crippen LogP contribution in [0.2, 0.25) is 0 Å². The van der Waals surface area contributed by atoms with Crippen LogP contribution in [0.3, 0.4) is 0 Å². The zero-order valence-electron chi connectivity index (χ0n) is 16.0. The Morgan fingerprint density at radius 1 is 1.13 bits per heavy atom. The van der Waals surface area contributed by atoms with E-state index in [0.29, 0.717) is 25.7 Å². The van der Waals surface area contributed by atoms with Gasteiger partial charge in [-0.25, -0.2) is 18.0 Å². The van der Waals surface area contributed by atoms with Gasteiger partial charge in [-0.1, -0.05) is 0 Å². The van der Waals surface area contributed by atoms with Gasteiger partial charge >= 0.3 is 43.7 Å². The van der Waals surface area contributed by atoms with Gasteiger partial charge in [0, 0.05) is 43.3 Å². The molecule has 1 fully saturated rings. The molecule has 0 aliphatic carbocycles. The fraction of sp³-hybridized carbons (Fsp3) is 0.238. The summed E-state index contributed by atoms with van der Waals surface area (Å²) in [6, 6.07) is 5.30. The average Bonchev–Trinajstić information content (AvgIpc) is 2.68. The number of hydrogen-bond donors (Lipinski definition) is 2. The molecule has 1 atom stereocenters. The number of carboxylic acids is 1. The molecule has 2 N–H and O–H groups in total. The Kier molecular flexibility index (Phi) is 7.00. The first-order chi connectivity index (χ1) is 14.3. The summed E-state index contributed by atoms with van der Waals surface area (Å²) >= 11 is 0. The Balaban J connectivity index is 0.00000272. The van der Waals surface area contributed by atoms with Gasteiger partial charge in [0.15, 0.2) is 0 Å². The zero-order valence-corrected chi connectivity index (χ0v) is 16.0. The van der Waals surface area contributed by atoms with Gasteiger partial charge in [0.1, 0.15) is 23.0 Å². The van der Waals surface area contributed by atoms with E-state index in [2.05, 4.69) is 5.32 Å². The van der Waals surface area contributed by atoms with Crippen LogP contribution in [0.4, 0.5) is 18.9 Å². The van der Waals surface area contributed by atoms with Gasteiger partial charge in [-0.15, -0.1) is 0 Å². The molecule has 1 aliphatic rings. The number of carbonyl (C=O) groups is 1. The Morgan fingerprint density at radius 2 is 1.84 bits per heavy atom. The standard InChI is InChI=1S/C21H18F3N3O3.Ca.2H/c1-11-9-26(5-4-25-11)19-8-18-13(7-16(19)24)20(28)14(21(29)30)10-27(18)17-3-2-12(22)6-15(17)23;;;/h2-3,6-8,10-11,25H,4-5,9H2,1H3,(H,29,30);;;/t11-;;;/m1.../s1. The molecule has 0 amide bonds. The monoisotopic (exact) mass is 459 g/mol. The Labute approximate surface area is 205 Å². The summed E-state index contributed by atoms with van der Waals surface area (Å²) in [4.78, 5) is 26.0. The molecule has 0 radical (unpaired) electrons. The van der Waals surface area contributed by atoms with Gasteiger partial charge in [0.25, 0.3) is 0 Å². The number of rotatable bonds is 3. The zero-order chi connectivity index (χ0) is 21.6. The van der Waals surface area contributed by atoms with Crippen LogP contribution in [0.25, 0.3) is 16.6 Å². The molecule has 6 nitrogen and oxygen atoms in total. The van der Waals surface area contributed by atoms with E-state index < -0.39 is 34.4 Å². The van der Waals surface area contributed by atoms with E-state index in [9.17, 15) is 27.9 Å². The third-order valence-electron chi connectivity index (χ3n) is 5.18. The van der Waals surface area contributed by atoms with E-state index in [-0.39, 0.29) is 66.1 Å². The van der Waals surface area contributed by atoms with E-state index in [1.54, 1.807) is 4.90 Å². The average molecular weight is 459 g/mol. The molecule has 160 valence electrons. The maximum absolute atomic E-state index is 14.9. The maximum atomic E-state index is 14.9. The van der Waals surface area contributed by atoms with E-state index >= 15 is 0 Å². The molecule has 0 bridgehead atoms.